The number of carbonyl (C=O) groups is 3. The molecule has 4 rings (SSSR count). The monoisotopic (exact) mass is 511 g/mol. The SMILES string of the molecule is CC(C)(C)c1[nH]nc(NC(=O)Nc2ccc(Cl)cc2)c1-c1ccc(CN2CCSC(=O)C2=O)cc1. The Bertz CT molecular complexity index is 1250. The number of nitrogens with one attached hydrogen (secondary N) is 3. The lowest BCUT2D eigenvalue weighted by Crippen LogP contribution is -2.40. The number of carbonyl (C=O) groups excluding carboxylic acids is 3. The van der Waals surface area contributed by atoms with Gasteiger partial charge in [0.15, 0.2) is 5.82 Å². The molecule has 1 aromatic heterocycles. The zero-order valence-electron chi connectivity index (χ0n) is 19.6. The highest BCUT2D eigenvalue weighted by molar-refractivity contribution is 8.15. The van der Waals surface area contributed by atoms with Gasteiger partial charge in [-0.05, 0) is 35.4 Å². The van der Waals surface area contributed by atoms with Gasteiger partial charge in [-0.25, -0.2) is 4.79 Å². The van der Waals surface area contributed by atoms with Gasteiger partial charge in [-0.3, -0.25) is 20.0 Å². The molecule has 0 bridgehead atoms. The van der Waals surface area contributed by atoms with Crippen molar-refractivity contribution in [2.24, 2.45) is 0 Å². The molecule has 0 spiro atoms. The Morgan fingerprint density at radius 1 is 1.09 bits per heavy atom. The van der Waals surface area contributed by atoms with Crippen molar-refractivity contribution >= 4 is 51.9 Å². The number of rotatable bonds is 5. The van der Waals surface area contributed by atoms with Crippen molar-refractivity contribution in [3.8, 4) is 11.1 Å². The first-order chi connectivity index (χ1) is 16.6. The van der Waals surface area contributed by atoms with E-state index in [0.717, 1.165) is 34.1 Å². The minimum atomic E-state index is -0.451. The normalized spacial score (nSPS) is 14.2. The average Bonchev–Trinajstić information content (AvgIpc) is 3.23. The van der Waals surface area contributed by atoms with E-state index in [9.17, 15) is 14.4 Å². The minimum Gasteiger partial charge on any atom is -0.330 e. The van der Waals surface area contributed by atoms with Crippen molar-refractivity contribution in [1.29, 1.82) is 0 Å². The van der Waals surface area contributed by atoms with E-state index in [4.69, 9.17) is 11.6 Å². The van der Waals surface area contributed by atoms with Gasteiger partial charge in [0.2, 0.25) is 0 Å². The summed E-state index contributed by atoms with van der Waals surface area (Å²) in [5, 5.41) is 13.2. The molecule has 3 amide bonds. The molecule has 0 radical (unpaired) electrons. The minimum absolute atomic E-state index is 0.258. The third kappa shape index (κ3) is 5.86. The fourth-order valence-electron chi connectivity index (χ4n) is 3.75. The van der Waals surface area contributed by atoms with Crippen LogP contribution in [0.5, 0.6) is 0 Å². The van der Waals surface area contributed by atoms with Gasteiger partial charge in [-0.2, -0.15) is 5.10 Å². The van der Waals surface area contributed by atoms with Gasteiger partial charge in [0, 0.05) is 40.5 Å². The molecule has 182 valence electrons. The van der Waals surface area contributed by atoms with Crippen LogP contribution < -0.4 is 10.6 Å². The topological polar surface area (TPSA) is 107 Å². The second-order valence-electron chi connectivity index (χ2n) is 9.22. The summed E-state index contributed by atoms with van der Waals surface area (Å²) >= 11 is 6.98. The number of nitrogens with zero attached hydrogens (tertiary/aromatic N) is 2. The number of H-pyrrole nitrogens is 1. The van der Waals surface area contributed by atoms with Gasteiger partial charge >= 0.3 is 11.9 Å². The van der Waals surface area contributed by atoms with E-state index in [1.807, 2.05) is 24.3 Å². The number of aromatic nitrogens is 2. The Labute approximate surface area is 212 Å². The molecule has 0 unspecified atom stereocenters. The Morgan fingerprint density at radius 2 is 1.77 bits per heavy atom. The van der Waals surface area contributed by atoms with Crippen LogP contribution in [0.15, 0.2) is 48.5 Å². The Morgan fingerprint density at radius 3 is 2.43 bits per heavy atom. The highest BCUT2D eigenvalue weighted by Crippen LogP contribution is 2.37. The lowest BCUT2D eigenvalue weighted by molar-refractivity contribution is -0.141. The van der Waals surface area contributed by atoms with Crippen LogP contribution in [0.3, 0.4) is 0 Å². The highest BCUT2D eigenvalue weighted by atomic mass is 35.5. The van der Waals surface area contributed by atoms with Gasteiger partial charge < -0.3 is 10.2 Å². The molecular formula is C25H26ClN5O3S. The van der Waals surface area contributed by atoms with Crippen molar-refractivity contribution < 1.29 is 14.4 Å². The Kier molecular flexibility index (Phi) is 7.18. The lowest BCUT2D eigenvalue weighted by atomic mass is 9.87. The van der Waals surface area contributed by atoms with Gasteiger partial charge in [0.25, 0.3) is 5.12 Å². The van der Waals surface area contributed by atoms with Crippen molar-refractivity contribution in [3.05, 3.63) is 64.8 Å². The molecule has 1 saturated heterocycles. The largest absolute Gasteiger partial charge is 0.330 e. The zero-order valence-corrected chi connectivity index (χ0v) is 21.2. The van der Waals surface area contributed by atoms with Crippen LogP contribution in [0, 0.1) is 0 Å². The maximum Gasteiger partial charge on any atom is 0.324 e. The summed E-state index contributed by atoms with van der Waals surface area (Å²) in [6, 6.07) is 14.1. The molecule has 0 atom stereocenters. The quantitative estimate of drug-likeness (QED) is 0.404. The molecule has 35 heavy (non-hydrogen) atoms. The molecule has 0 saturated carbocycles. The van der Waals surface area contributed by atoms with Crippen molar-refractivity contribution in [3.63, 3.8) is 0 Å². The Balaban J connectivity index is 1.56. The molecule has 2 heterocycles. The van der Waals surface area contributed by atoms with E-state index >= 15 is 0 Å². The smallest absolute Gasteiger partial charge is 0.324 e. The first kappa shape index (κ1) is 24.8. The van der Waals surface area contributed by atoms with Crippen molar-refractivity contribution in [1.82, 2.24) is 15.1 Å². The van der Waals surface area contributed by atoms with E-state index < -0.39 is 17.1 Å². The third-order valence-electron chi connectivity index (χ3n) is 5.52. The maximum absolute atomic E-state index is 12.7. The van der Waals surface area contributed by atoms with Crippen LogP contribution in [0.2, 0.25) is 5.02 Å². The average molecular weight is 512 g/mol. The zero-order chi connectivity index (χ0) is 25.2. The summed E-state index contributed by atoms with van der Waals surface area (Å²) in [4.78, 5) is 38.1. The van der Waals surface area contributed by atoms with E-state index in [1.54, 1.807) is 29.2 Å². The van der Waals surface area contributed by atoms with Crippen LogP contribution in [-0.4, -0.2) is 44.4 Å². The molecule has 3 aromatic rings. The predicted molar refractivity (Wildman–Crippen MR) is 140 cm³/mol. The molecule has 1 fully saturated rings. The number of amides is 3. The molecule has 8 nitrogen and oxygen atoms in total. The van der Waals surface area contributed by atoms with Crippen molar-refractivity contribution in [2.45, 2.75) is 32.7 Å². The Hall–Kier alpha value is -3.30. The van der Waals surface area contributed by atoms with E-state index in [-0.39, 0.29) is 5.41 Å². The van der Waals surface area contributed by atoms with Gasteiger partial charge in [0.1, 0.15) is 0 Å². The second-order valence-corrected chi connectivity index (χ2v) is 10.7. The number of aromatic amines is 1. The van der Waals surface area contributed by atoms with Crippen molar-refractivity contribution in [2.75, 3.05) is 22.9 Å². The summed E-state index contributed by atoms with van der Waals surface area (Å²) in [5.74, 6) is 0.566. The fourth-order valence-corrected chi connectivity index (χ4v) is 4.62. The second kappa shape index (κ2) is 10.1. The third-order valence-corrected chi connectivity index (χ3v) is 6.60. The molecule has 10 heteroatoms. The van der Waals surface area contributed by atoms with E-state index in [0.29, 0.717) is 35.4 Å². The number of hydrogen-bond donors (Lipinski definition) is 3. The summed E-state index contributed by atoms with van der Waals surface area (Å²) in [5.41, 5.74) is 3.79. The molecular weight excluding hydrogens is 486 g/mol. The molecule has 1 aliphatic heterocycles. The molecule has 3 N–H and O–H groups in total. The van der Waals surface area contributed by atoms with Gasteiger partial charge in [0.05, 0.1) is 5.69 Å². The number of benzene rings is 2. The number of anilines is 2. The van der Waals surface area contributed by atoms with Crippen LogP contribution in [0.1, 0.15) is 32.0 Å². The first-order valence-corrected chi connectivity index (χ1v) is 12.5. The first-order valence-electron chi connectivity index (χ1n) is 11.1. The summed E-state index contributed by atoms with van der Waals surface area (Å²) in [7, 11) is 0. The molecule has 0 aliphatic carbocycles. The van der Waals surface area contributed by atoms with E-state index in [1.165, 1.54) is 0 Å². The summed E-state index contributed by atoms with van der Waals surface area (Å²) in [6.45, 7) is 7.11. The number of urea groups is 1. The van der Waals surface area contributed by atoms with Crippen LogP contribution in [-0.2, 0) is 21.5 Å². The fraction of sp³-hybridized carbons (Fsp3) is 0.280. The number of thioether (sulfide) groups is 1. The lowest BCUT2D eigenvalue weighted by Gasteiger charge is -2.25. The molecule has 1 aliphatic rings. The summed E-state index contributed by atoms with van der Waals surface area (Å²) < 4.78 is 0. The standard InChI is InChI=1S/C25H26ClN5O3S/c1-25(2,3)20-19(21(30-29-20)28-24(34)27-18-10-8-17(26)9-11-18)16-6-4-15(5-7-16)14-31-12-13-35-23(33)22(31)32/h4-11H,12-14H2,1-3H3,(H3,27,28,29,30,34). The van der Waals surface area contributed by atoms with Gasteiger partial charge in [-0.1, -0.05) is 68.4 Å². The van der Waals surface area contributed by atoms with Gasteiger partial charge in [-0.15, -0.1) is 0 Å². The number of hydrogen-bond acceptors (Lipinski definition) is 5. The summed E-state index contributed by atoms with van der Waals surface area (Å²) in [6.07, 6.45) is 0. The van der Waals surface area contributed by atoms with Crippen LogP contribution >= 0.6 is 23.4 Å². The molecule has 2 aromatic carbocycles. The number of halogens is 1. The maximum atomic E-state index is 12.7. The predicted octanol–water partition coefficient (Wildman–Crippen LogP) is 5.27. The van der Waals surface area contributed by atoms with Crippen LogP contribution in [0.4, 0.5) is 16.3 Å². The van der Waals surface area contributed by atoms with Crippen LogP contribution in [0.25, 0.3) is 11.1 Å². The highest BCUT2D eigenvalue weighted by Gasteiger charge is 2.28. The van der Waals surface area contributed by atoms with E-state index in [2.05, 4.69) is 41.6 Å².